The first-order valence-electron chi connectivity index (χ1n) is 9.53. The van der Waals surface area contributed by atoms with Crippen LogP contribution in [0.2, 0.25) is 0 Å². The molecule has 4 aliphatic heterocycles. The predicted octanol–water partition coefficient (Wildman–Crippen LogP) is 3.63. The minimum atomic E-state index is 0.103. The van der Waals surface area contributed by atoms with E-state index >= 15 is 0 Å². The zero-order valence-corrected chi connectivity index (χ0v) is 15.0. The fourth-order valence-corrected chi connectivity index (χ4v) is 5.60. The summed E-state index contributed by atoms with van der Waals surface area (Å²) in [5.41, 5.74) is 4.26. The zero-order valence-electron chi connectivity index (χ0n) is 15.0. The van der Waals surface area contributed by atoms with Crippen molar-refractivity contribution in [2.45, 2.75) is 31.0 Å². The van der Waals surface area contributed by atoms with Crippen LogP contribution in [0.15, 0.2) is 41.0 Å². The number of nitrogens with zero attached hydrogens (tertiary/aromatic N) is 2. The molecule has 26 heavy (non-hydrogen) atoms. The predicted molar refractivity (Wildman–Crippen MR) is 99.2 cm³/mol. The Kier molecular flexibility index (Phi) is 2.95. The molecular weight excluding hydrogens is 326 g/mol. The topological polar surface area (TPSA) is 44.6 Å². The van der Waals surface area contributed by atoms with Gasteiger partial charge in [-0.3, -0.25) is 9.80 Å². The van der Waals surface area contributed by atoms with E-state index in [0.717, 1.165) is 37.6 Å². The van der Waals surface area contributed by atoms with Crippen molar-refractivity contribution in [1.29, 1.82) is 0 Å². The third-order valence-electron chi connectivity index (χ3n) is 6.80. The van der Waals surface area contributed by atoms with Crippen LogP contribution in [0.1, 0.15) is 36.0 Å². The van der Waals surface area contributed by atoms with E-state index in [4.69, 9.17) is 9.15 Å². The van der Waals surface area contributed by atoms with Gasteiger partial charge in [-0.1, -0.05) is 0 Å². The molecule has 6 heterocycles. The van der Waals surface area contributed by atoms with Crippen LogP contribution in [0.5, 0.6) is 5.75 Å². The van der Waals surface area contributed by atoms with Gasteiger partial charge >= 0.3 is 0 Å². The van der Waals surface area contributed by atoms with Crippen LogP contribution >= 0.6 is 0 Å². The van der Waals surface area contributed by atoms with Crippen LogP contribution in [0, 0.1) is 0 Å². The van der Waals surface area contributed by atoms with E-state index < -0.39 is 0 Å². The smallest absolute Gasteiger partial charge is 0.135 e. The Morgan fingerprint density at radius 3 is 2.85 bits per heavy atom. The third kappa shape index (κ3) is 1.77. The molecular formula is C21H23N3O2. The van der Waals surface area contributed by atoms with E-state index in [0.29, 0.717) is 0 Å². The maximum absolute atomic E-state index is 5.84. The second-order valence-electron chi connectivity index (χ2n) is 7.79. The number of ether oxygens (including phenoxy) is 1. The summed E-state index contributed by atoms with van der Waals surface area (Å²) in [6.45, 7) is 3.32. The number of methoxy groups -OCH3 is 1. The van der Waals surface area contributed by atoms with Crippen molar-refractivity contribution in [2.75, 3.05) is 26.7 Å². The first-order valence-corrected chi connectivity index (χ1v) is 9.53. The number of rotatable bonds is 2. The summed E-state index contributed by atoms with van der Waals surface area (Å²) in [5.74, 6) is 2.01. The van der Waals surface area contributed by atoms with Gasteiger partial charge in [-0.05, 0) is 55.2 Å². The van der Waals surface area contributed by atoms with E-state index in [-0.39, 0.29) is 11.7 Å². The number of benzene rings is 1. The normalized spacial score (nSPS) is 30.3. The lowest BCUT2D eigenvalue weighted by atomic mass is 9.74. The van der Waals surface area contributed by atoms with Crippen LogP contribution in [0.25, 0.3) is 10.9 Å². The van der Waals surface area contributed by atoms with Crippen molar-refractivity contribution in [3.05, 3.63) is 53.6 Å². The fraction of sp³-hybridized carbons (Fsp3) is 0.429. The molecule has 3 saturated heterocycles. The van der Waals surface area contributed by atoms with Gasteiger partial charge in [-0.25, -0.2) is 0 Å². The van der Waals surface area contributed by atoms with Crippen LogP contribution in [-0.2, 0) is 12.0 Å². The molecule has 0 aliphatic carbocycles. The van der Waals surface area contributed by atoms with Gasteiger partial charge in [0.15, 0.2) is 0 Å². The molecule has 1 unspecified atom stereocenters. The molecule has 0 radical (unpaired) electrons. The van der Waals surface area contributed by atoms with Gasteiger partial charge in [0, 0.05) is 36.2 Å². The van der Waals surface area contributed by atoms with Crippen molar-refractivity contribution >= 4 is 10.9 Å². The standard InChI is InChI=1S/C21H23N3O2/c1-25-14-4-5-17-16(13-14)15-6-9-24-20(18-3-2-12-26-18)23-10-7-21(24,8-11-23)19(15)22-17/h2-5,12-13,20,22H,6-11H2,1H3. The van der Waals surface area contributed by atoms with E-state index in [9.17, 15) is 0 Å². The van der Waals surface area contributed by atoms with Crippen molar-refractivity contribution < 1.29 is 9.15 Å². The van der Waals surface area contributed by atoms with Gasteiger partial charge in [0.1, 0.15) is 17.7 Å². The van der Waals surface area contributed by atoms with E-state index in [2.05, 4.69) is 39.0 Å². The number of hydrogen-bond donors (Lipinski definition) is 1. The molecule has 0 saturated carbocycles. The Morgan fingerprint density at radius 2 is 2.08 bits per heavy atom. The molecule has 134 valence electrons. The minimum Gasteiger partial charge on any atom is -0.497 e. The van der Waals surface area contributed by atoms with Crippen molar-refractivity contribution in [1.82, 2.24) is 14.8 Å². The lowest BCUT2D eigenvalue weighted by molar-refractivity contribution is -0.155. The Bertz CT molecular complexity index is 967. The molecule has 0 amide bonds. The molecule has 1 N–H and O–H groups in total. The Balaban J connectivity index is 1.53. The van der Waals surface area contributed by atoms with Crippen molar-refractivity contribution in [2.24, 2.45) is 0 Å². The summed E-state index contributed by atoms with van der Waals surface area (Å²) in [6.07, 6.45) is 5.50. The first kappa shape index (κ1) is 14.9. The Hall–Kier alpha value is -2.24. The van der Waals surface area contributed by atoms with Gasteiger partial charge < -0.3 is 14.1 Å². The van der Waals surface area contributed by atoms with Gasteiger partial charge in [0.25, 0.3) is 0 Å². The highest BCUT2D eigenvalue weighted by molar-refractivity contribution is 5.87. The van der Waals surface area contributed by atoms with E-state index in [1.54, 1.807) is 13.4 Å². The number of aromatic amines is 1. The quantitative estimate of drug-likeness (QED) is 0.767. The third-order valence-corrected chi connectivity index (χ3v) is 6.80. The number of H-pyrrole nitrogens is 1. The van der Waals surface area contributed by atoms with Crippen molar-refractivity contribution in [3.63, 3.8) is 0 Å². The van der Waals surface area contributed by atoms with Gasteiger partial charge in [0.05, 0.1) is 18.9 Å². The van der Waals surface area contributed by atoms with Crippen LogP contribution in [-0.4, -0.2) is 41.5 Å². The number of furan rings is 1. The highest BCUT2D eigenvalue weighted by Gasteiger charge is 2.55. The number of piperidine rings is 1. The average Bonchev–Trinajstić information content (AvgIpc) is 3.35. The summed E-state index contributed by atoms with van der Waals surface area (Å²) >= 11 is 0. The van der Waals surface area contributed by atoms with Crippen LogP contribution in [0.4, 0.5) is 0 Å². The molecule has 7 rings (SSSR count). The summed E-state index contributed by atoms with van der Waals surface area (Å²) in [7, 11) is 1.74. The summed E-state index contributed by atoms with van der Waals surface area (Å²) < 4.78 is 11.3. The summed E-state index contributed by atoms with van der Waals surface area (Å²) in [5, 5.41) is 1.33. The molecule has 3 fully saturated rings. The maximum Gasteiger partial charge on any atom is 0.135 e. The second kappa shape index (κ2) is 5.15. The molecule has 1 atom stereocenters. The van der Waals surface area contributed by atoms with E-state index in [1.807, 2.05) is 6.07 Å². The SMILES string of the molecule is COc1ccc2[nH]c3c(c2c1)CCN1C(c2ccco2)N2CCC31CC2. The molecule has 5 nitrogen and oxygen atoms in total. The largest absolute Gasteiger partial charge is 0.497 e. The molecule has 1 aromatic carbocycles. The highest BCUT2D eigenvalue weighted by Crippen LogP contribution is 2.54. The van der Waals surface area contributed by atoms with E-state index in [1.165, 1.54) is 35.0 Å². The average molecular weight is 349 g/mol. The number of fused-ring (bicyclic) bond motifs is 5. The van der Waals surface area contributed by atoms with Gasteiger partial charge in [-0.2, -0.15) is 0 Å². The van der Waals surface area contributed by atoms with Gasteiger partial charge in [-0.15, -0.1) is 0 Å². The first-order chi connectivity index (χ1) is 12.8. The number of hydrogen-bond acceptors (Lipinski definition) is 4. The summed E-state index contributed by atoms with van der Waals surface area (Å²) in [6, 6.07) is 10.5. The Labute approximate surface area is 152 Å². The maximum atomic E-state index is 5.84. The lowest BCUT2D eigenvalue weighted by Crippen LogP contribution is -2.66. The minimum absolute atomic E-state index is 0.103. The van der Waals surface area contributed by atoms with Gasteiger partial charge in [0.2, 0.25) is 0 Å². The molecule has 1 spiro atoms. The molecule has 2 bridgehead atoms. The monoisotopic (exact) mass is 349 g/mol. The number of aromatic nitrogens is 1. The molecule has 5 heteroatoms. The number of nitrogens with one attached hydrogen (secondary N) is 1. The lowest BCUT2D eigenvalue weighted by Gasteiger charge is -2.61. The summed E-state index contributed by atoms with van der Waals surface area (Å²) in [4.78, 5) is 9.07. The molecule has 2 aromatic heterocycles. The zero-order chi connectivity index (χ0) is 17.3. The van der Waals surface area contributed by atoms with Crippen LogP contribution in [0.3, 0.4) is 0 Å². The highest BCUT2D eigenvalue weighted by atomic mass is 16.5. The second-order valence-corrected chi connectivity index (χ2v) is 7.79. The van der Waals surface area contributed by atoms with Crippen molar-refractivity contribution in [3.8, 4) is 5.75 Å². The molecule has 3 aromatic rings. The Morgan fingerprint density at radius 1 is 1.19 bits per heavy atom. The van der Waals surface area contributed by atoms with Crippen LogP contribution < -0.4 is 4.74 Å². The fourth-order valence-electron chi connectivity index (χ4n) is 5.60. The molecule has 4 aliphatic rings.